The van der Waals surface area contributed by atoms with Gasteiger partial charge in [-0.1, -0.05) is 0 Å². The van der Waals surface area contributed by atoms with Crippen molar-refractivity contribution in [1.29, 1.82) is 0 Å². The maximum absolute atomic E-state index is 7.46. The van der Waals surface area contributed by atoms with E-state index >= 15 is 0 Å². The summed E-state index contributed by atoms with van der Waals surface area (Å²) in [5.41, 5.74) is 0. The predicted octanol–water partition coefficient (Wildman–Crippen LogP) is 9.48. The van der Waals surface area contributed by atoms with Crippen LogP contribution in [0.2, 0.25) is 157 Å². The molecular formula is C36H86O11Si8. The Morgan fingerprint density at radius 3 is 0.909 bits per heavy atom. The van der Waals surface area contributed by atoms with E-state index in [9.17, 15) is 0 Å². The van der Waals surface area contributed by atoms with Gasteiger partial charge in [0.2, 0.25) is 0 Å². The highest BCUT2D eigenvalue weighted by Crippen LogP contribution is 2.39. The predicted molar refractivity (Wildman–Crippen MR) is 246 cm³/mol. The molecule has 0 aromatic carbocycles. The summed E-state index contributed by atoms with van der Waals surface area (Å²) in [6.45, 7) is 53.5. The molecule has 0 aromatic heterocycles. The molecule has 328 valence electrons. The van der Waals surface area contributed by atoms with E-state index in [0.717, 1.165) is 0 Å². The third-order valence-corrected chi connectivity index (χ3v) is 15.7. The molecule has 0 amide bonds. The van der Waals surface area contributed by atoms with Gasteiger partial charge in [-0.15, -0.1) is 0 Å². The van der Waals surface area contributed by atoms with Crippen LogP contribution in [0.25, 0.3) is 0 Å². The molecule has 2 fully saturated rings. The molecule has 0 saturated carbocycles. The SMILES string of the molecule is C[Si](C)(C)OC[C@H]1O[C@H](O[Si](C)(C)C)[C@H](O[Si](C)(C)C)[C@@H](O[Si](C)(C)C)C1O[C@H]1O[C@H](CO[Si](C)(C)C)[C@@H](O[Si](C)(C)C)[C@H](O[Si](C)(C)C)[C@H]1O[Si](C)(C)C. The summed E-state index contributed by atoms with van der Waals surface area (Å²) in [6, 6.07) is 0. The van der Waals surface area contributed by atoms with Gasteiger partial charge < -0.3 is 49.6 Å². The van der Waals surface area contributed by atoms with Crippen molar-refractivity contribution in [1.82, 2.24) is 0 Å². The molecule has 2 saturated heterocycles. The monoisotopic (exact) mass is 918 g/mol. The van der Waals surface area contributed by atoms with E-state index in [1.807, 2.05) is 0 Å². The van der Waals surface area contributed by atoms with Crippen LogP contribution in [0.15, 0.2) is 0 Å². The number of ether oxygens (including phenoxy) is 3. The van der Waals surface area contributed by atoms with Gasteiger partial charge in [-0.2, -0.15) is 0 Å². The Bertz CT molecular complexity index is 1180. The molecule has 0 N–H and O–H groups in total. The molecule has 10 atom stereocenters. The highest BCUT2D eigenvalue weighted by molar-refractivity contribution is 6.72. The smallest absolute Gasteiger partial charge is 0.187 e. The maximum atomic E-state index is 7.46. The first-order valence-electron chi connectivity index (χ1n) is 20.5. The third kappa shape index (κ3) is 20.6. The maximum Gasteiger partial charge on any atom is 0.187 e. The second-order valence-electron chi connectivity index (χ2n) is 23.2. The Balaban J connectivity index is 2.93. The lowest BCUT2D eigenvalue weighted by atomic mass is 9.97. The Morgan fingerprint density at radius 2 is 0.564 bits per heavy atom. The average Bonchev–Trinajstić information content (AvgIpc) is 2.88. The molecule has 0 bridgehead atoms. The van der Waals surface area contributed by atoms with Gasteiger partial charge in [-0.05, 0) is 157 Å². The zero-order chi connectivity index (χ0) is 43.0. The van der Waals surface area contributed by atoms with Gasteiger partial charge >= 0.3 is 0 Å². The van der Waals surface area contributed by atoms with Crippen molar-refractivity contribution in [3.63, 3.8) is 0 Å². The molecule has 0 spiro atoms. The van der Waals surface area contributed by atoms with E-state index in [-0.39, 0.29) is 0 Å². The van der Waals surface area contributed by atoms with Crippen molar-refractivity contribution in [3.8, 4) is 0 Å². The molecule has 19 heteroatoms. The molecule has 2 heterocycles. The van der Waals surface area contributed by atoms with E-state index in [1.54, 1.807) is 0 Å². The van der Waals surface area contributed by atoms with Crippen LogP contribution >= 0.6 is 0 Å². The van der Waals surface area contributed by atoms with Gasteiger partial charge in [0.05, 0.1) is 13.2 Å². The Labute approximate surface area is 346 Å². The highest BCUT2D eigenvalue weighted by atomic mass is 28.4. The Morgan fingerprint density at radius 1 is 0.291 bits per heavy atom. The Kier molecular flexibility index (Phi) is 18.2. The fourth-order valence-electron chi connectivity index (χ4n) is 6.26. The summed E-state index contributed by atoms with van der Waals surface area (Å²) in [5, 5.41) is 0. The van der Waals surface area contributed by atoms with E-state index in [1.165, 1.54) is 0 Å². The van der Waals surface area contributed by atoms with Crippen molar-refractivity contribution < 1.29 is 49.6 Å². The molecule has 11 nitrogen and oxygen atoms in total. The molecule has 2 rings (SSSR count). The molecule has 2 aliphatic heterocycles. The van der Waals surface area contributed by atoms with Crippen LogP contribution in [-0.4, -0.2) is 141 Å². The van der Waals surface area contributed by atoms with Crippen molar-refractivity contribution in [3.05, 3.63) is 0 Å². The largest absolute Gasteiger partial charge is 0.415 e. The van der Waals surface area contributed by atoms with Gasteiger partial charge in [0.15, 0.2) is 79.1 Å². The van der Waals surface area contributed by atoms with Crippen molar-refractivity contribution in [2.24, 2.45) is 0 Å². The third-order valence-electron chi connectivity index (χ3n) is 7.75. The lowest BCUT2D eigenvalue weighted by Gasteiger charge is -2.54. The first-order chi connectivity index (χ1) is 24.2. The minimum absolute atomic E-state index is 0.321. The van der Waals surface area contributed by atoms with Crippen LogP contribution in [0, 0.1) is 0 Å². The van der Waals surface area contributed by atoms with Crippen LogP contribution in [0.4, 0.5) is 0 Å². The molecule has 0 radical (unpaired) electrons. The Hall–Kier alpha value is 1.30. The second-order valence-corrected chi connectivity index (χ2v) is 59.0. The summed E-state index contributed by atoms with van der Waals surface area (Å²) in [4.78, 5) is 0. The van der Waals surface area contributed by atoms with E-state index in [2.05, 4.69) is 157 Å². The summed E-state index contributed by atoms with van der Waals surface area (Å²) in [5.74, 6) is 0. The fraction of sp³-hybridized carbons (Fsp3) is 1.00. The molecule has 0 aliphatic carbocycles. The fourth-order valence-corrected chi connectivity index (χ4v) is 13.9. The van der Waals surface area contributed by atoms with Crippen LogP contribution < -0.4 is 0 Å². The molecule has 1 unspecified atom stereocenters. The van der Waals surface area contributed by atoms with Crippen molar-refractivity contribution in [2.75, 3.05) is 13.2 Å². The van der Waals surface area contributed by atoms with Gasteiger partial charge in [0.1, 0.15) is 48.8 Å². The molecule has 0 aromatic rings. The minimum Gasteiger partial charge on any atom is -0.415 e. The van der Waals surface area contributed by atoms with E-state index in [0.29, 0.717) is 13.2 Å². The summed E-state index contributed by atoms with van der Waals surface area (Å²) >= 11 is 0. The summed E-state index contributed by atoms with van der Waals surface area (Å²) in [7, 11) is -17.0. The lowest BCUT2D eigenvalue weighted by molar-refractivity contribution is -0.344. The molecular weight excluding hydrogens is 833 g/mol. The lowest BCUT2D eigenvalue weighted by Crippen LogP contribution is -2.70. The van der Waals surface area contributed by atoms with Crippen LogP contribution in [-0.2, 0) is 49.6 Å². The second kappa shape index (κ2) is 19.1. The van der Waals surface area contributed by atoms with Crippen LogP contribution in [0.1, 0.15) is 0 Å². The van der Waals surface area contributed by atoms with Crippen molar-refractivity contribution in [2.45, 2.75) is 219 Å². The minimum atomic E-state index is -2.23. The van der Waals surface area contributed by atoms with Gasteiger partial charge in [-0.3, -0.25) is 0 Å². The first-order valence-corrected chi connectivity index (χ1v) is 47.8. The zero-order valence-electron chi connectivity index (χ0n) is 39.7. The van der Waals surface area contributed by atoms with Gasteiger partial charge in [-0.25, -0.2) is 0 Å². The average molecular weight is 920 g/mol. The van der Waals surface area contributed by atoms with Crippen LogP contribution in [0.5, 0.6) is 0 Å². The quantitative estimate of drug-likeness (QED) is 0.109. The van der Waals surface area contributed by atoms with Gasteiger partial charge in [0, 0.05) is 0 Å². The van der Waals surface area contributed by atoms with Crippen LogP contribution in [0.3, 0.4) is 0 Å². The van der Waals surface area contributed by atoms with Crippen molar-refractivity contribution >= 4 is 66.5 Å². The van der Waals surface area contributed by atoms with Gasteiger partial charge in [0.25, 0.3) is 0 Å². The standard InChI is InChI=1S/C36H86O11Si8/c1-48(2,3)37-25-27-29(31(43-51(10,11)12)34(46-54(19,20)21)36(40-27)47-55(22,23)24)41-35-33(45-53(16,17)18)32(44-52(13,14)15)30(42-50(7,8)9)28(39-35)26-38-49(4,5)6/h27-36H,25-26H2,1-24H3/t27-,28-,29?,30-,31+,32+,33-,34-,35-,36-/m1/s1. The molecule has 2 aliphatic rings. The number of hydrogen-bond donors (Lipinski definition) is 0. The zero-order valence-corrected chi connectivity index (χ0v) is 47.7. The van der Waals surface area contributed by atoms with E-state index < -0.39 is 128 Å². The van der Waals surface area contributed by atoms with E-state index in [4.69, 9.17) is 49.6 Å². The summed E-state index contributed by atoms with van der Waals surface area (Å²) < 4.78 is 77.4. The topological polar surface area (TPSA) is 102 Å². The highest BCUT2D eigenvalue weighted by Gasteiger charge is 2.57. The number of rotatable bonds is 20. The normalized spacial score (nSPS) is 31.2. The number of hydrogen-bond acceptors (Lipinski definition) is 11. The first kappa shape index (κ1) is 52.4. The summed E-state index contributed by atoms with van der Waals surface area (Å²) in [6.07, 6.45) is -5.61. The molecule has 55 heavy (non-hydrogen) atoms.